The summed E-state index contributed by atoms with van der Waals surface area (Å²) in [7, 11) is 0. The summed E-state index contributed by atoms with van der Waals surface area (Å²) in [6.45, 7) is 0. The number of hydrogen-bond donors (Lipinski definition) is 0. The van der Waals surface area contributed by atoms with Crippen LogP contribution < -0.4 is 0 Å². The maximum absolute atomic E-state index is 4.81. The molecular formula is CH2Cl4Cr. The van der Waals surface area contributed by atoms with Crippen molar-refractivity contribution >= 4 is 47.2 Å². The minimum Gasteiger partial charge on any atom is -0.147 e. The van der Waals surface area contributed by atoms with E-state index in [1.54, 1.807) is 0 Å². The van der Waals surface area contributed by atoms with Crippen molar-refractivity contribution in [2.45, 2.75) is 4.30 Å². The SMILES string of the molecule is Cl.ClC(Cl)Cl.[Cr]. The Hall–Kier alpha value is 1.69. The van der Waals surface area contributed by atoms with Gasteiger partial charge >= 0.3 is 0 Å². The molecule has 0 aromatic heterocycles. The van der Waals surface area contributed by atoms with Crippen molar-refractivity contribution in [2.75, 3.05) is 0 Å². The monoisotopic (exact) mass is 206 g/mol. The minimum absolute atomic E-state index is 0. The van der Waals surface area contributed by atoms with E-state index in [0.717, 1.165) is 0 Å². The number of rotatable bonds is 0. The molecule has 0 saturated carbocycles. The van der Waals surface area contributed by atoms with Crippen LogP contribution in [0, 0.1) is 0 Å². The van der Waals surface area contributed by atoms with Crippen LogP contribution in [-0.4, -0.2) is 4.30 Å². The van der Waals surface area contributed by atoms with Gasteiger partial charge in [-0.25, -0.2) is 0 Å². The largest absolute Gasteiger partial charge is 0.180 e. The number of hydrogen-bond acceptors (Lipinski definition) is 0. The van der Waals surface area contributed by atoms with E-state index in [4.69, 9.17) is 34.8 Å². The van der Waals surface area contributed by atoms with Crippen molar-refractivity contribution in [3.63, 3.8) is 0 Å². The van der Waals surface area contributed by atoms with Crippen LogP contribution in [0.25, 0.3) is 0 Å². The fraction of sp³-hybridized carbons (Fsp3) is 1.00. The maximum atomic E-state index is 4.81. The molecule has 0 aromatic rings. The molecule has 0 aromatic carbocycles. The van der Waals surface area contributed by atoms with Gasteiger partial charge in [-0.2, -0.15) is 0 Å². The van der Waals surface area contributed by atoms with Crippen molar-refractivity contribution in [2.24, 2.45) is 0 Å². The van der Waals surface area contributed by atoms with Crippen LogP contribution in [0.2, 0.25) is 0 Å². The van der Waals surface area contributed by atoms with Crippen LogP contribution in [0.1, 0.15) is 0 Å². The summed E-state index contributed by atoms with van der Waals surface area (Å²) in [5.74, 6) is 0. The van der Waals surface area contributed by atoms with E-state index in [9.17, 15) is 0 Å². The third-order valence-corrected chi connectivity index (χ3v) is 0. The maximum Gasteiger partial charge on any atom is 0.180 e. The second-order valence-corrected chi connectivity index (χ2v) is 2.23. The van der Waals surface area contributed by atoms with Gasteiger partial charge in [0.1, 0.15) is 0 Å². The summed E-state index contributed by atoms with van der Waals surface area (Å²) >= 11 is 14.4. The zero-order chi connectivity index (χ0) is 3.58. The molecule has 0 nitrogen and oxygen atoms in total. The first-order chi connectivity index (χ1) is 1.73. The van der Waals surface area contributed by atoms with E-state index in [2.05, 4.69) is 0 Å². The van der Waals surface area contributed by atoms with E-state index in [1.807, 2.05) is 0 Å². The van der Waals surface area contributed by atoms with E-state index >= 15 is 0 Å². The van der Waals surface area contributed by atoms with Gasteiger partial charge in [-0.05, 0) is 0 Å². The molecule has 0 amide bonds. The van der Waals surface area contributed by atoms with Crippen molar-refractivity contribution in [1.29, 1.82) is 0 Å². The normalized spacial score (nSPS) is 6.00. The van der Waals surface area contributed by atoms with Gasteiger partial charge in [0.2, 0.25) is 0 Å². The Balaban J connectivity index is -0.0000000450. The average Bonchev–Trinajstić information content (AvgIpc) is 0.811. The molecule has 5 heteroatoms. The first kappa shape index (κ1) is 15.6. The van der Waals surface area contributed by atoms with Gasteiger partial charge < -0.3 is 0 Å². The third-order valence-electron chi connectivity index (χ3n) is 0. The number of halogens is 4. The second-order valence-electron chi connectivity index (χ2n) is 0.247. The van der Waals surface area contributed by atoms with Crippen LogP contribution in [-0.2, 0) is 17.4 Å². The van der Waals surface area contributed by atoms with E-state index in [1.165, 1.54) is 0 Å². The molecule has 0 fully saturated rings. The Kier molecular flexibility index (Phi) is 25.7. The summed E-state index contributed by atoms with van der Waals surface area (Å²) in [5.41, 5.74) is 0. The molecule has 0 spiro atoms. The van der Waals surface area contributed by atoms with Crippen LogP contribution in [0.4, 0.5) is 0 Å². The topological polar surface area (TPSA) is 0 Å². The quantitative estimate of drug-likeness (QED) is 0.536. The first-order valence-electron chi connectivity index (χ1n) is 0.655. The van der Waals surface area contributed by atoms with Gasteiger partial charge in [-0.3, -0.25) is 0 Å². The molecule has 0 aliphatic carbocycles. The van der Waals surface area contributed by atoms with E-state index < -0.39 is 4.30 Å². The number of alkyl halides is 3. The summed E-state index contributed by atoms with van der Waals surface area (Å²) in [5, 5.41) is 0. The van der Waals surface area contributed by atoms with Crippen LogP contribution >= 0.6 is 47.2 Å². The molecule has 0 bridgehead atoms. The Morgan fingerprint density at radius 1 is 1.00 bits per heavy atom. The average molecular weight is 208 g/mol. The zero-order valence-electron chi connectivity index (χ0n) is 2.53. The Morgan fingerprint density at radius 2 is 1.00 bits per heavy atom. The van der Waals surface area contributed by atoms with Gasteiger partial charge in [0.15, 0.2) is 4.30 Å². The van der Waals surface area contributed by atoms with Gasteiger partial charge in [-0.1, -0.05) is 34.8 Å². The second kappa shape index (κ2) is 9.85. The predicted octanol–water partition coefficient (Wildman–Crippen LogP) is 2.41. The first-order valence-corrected chi connectivity index (χ1v) is 1.96. The molecule has 40 valence electrons. The summed E-state index contributed by atoms with van der Waals surface area (Å²) in [4.78, 5) is 0. The van der Waals surface area contributed by atoms with E-state index in [0.29, 0.717) is 0 Å². The molecule has 6 heavy (non-hydrogen) atoms. The van der Waals surface area contributed by atoms with Gasteiger partial charge in [-0.15, -0.1) is 12.4 Å². The molecule has 0 saturated heterocycles. The molecule has 0 N–H and O–H groups in total. The molecular weight excluding hydrogens is 206 g/mol. The fourth-order valence-corrected chi connectivity index (χ4v) is 0. The summed E-state index contributed by atoms with van der Waals surface area (Å²) < 4.78 is -0.750. The van der Waals surface area contributed by atoms with E-state index in [-0.39, 0.29) is 29.8 Å². The molecule has 0 aliphatic rings. The fourth-order valence-electron chi connectivity index (χ4n) is 0. The van der Waals surface area contributed by atoms with Crippen molar-refractivity contribution in [1.82, 2.24) is 0 Å². The van der Waals surface area contributed by atoms with Crippen LogP contribution in [0.5, 0.6) is 0 Å². The van der Waals surface area contributed by atoms with Crippen LogP contribution in [0.3, 0.4) is 0 Å². The molecule has 0 radical (unpaired) electrons. The van der Waals surface area contributed by atoms with Crippen LogP contribution in [0.15, 0.2) is 0 Å². The summed E-state index contributed by atoms with van der Waals surface area (Å²) in [6, 6.07) is 0. The third kappa shape index (κ3) is 43.8. The minimum atomic E-state index is -0.750. The molecule has 0 aliphatic heterocycles. The molecule has 0 atom stereocenters. The van der Waals surface area contributed by atoms with Gasteiger partial charge in [0.05, 0.1) is 0 Å². The molecule has 0 heterocycles. The molecule has 0 unspecified atom stereocenters. The Bertz CT molecular complexity index is 12.3. The van der Waals surface area contributed by atoms with Crippen molar-refractivity contribution in [3.8, 4) is 0 Å². The van der Waals surface area contributed by atoms with Crippen molar-refractivity contribution < 1.29 is 17.4 Å². The Morgan fingerprint density at radius 3 is 1.00 bits per heavy atom. The zero-order valence-corrected chi connectivity index (χ0v) is 6.89. The smallest absolute Gasteiger partial charge is 0.147 e. The standard InChI is InChI=1S/CHCl3.ClH.Cr/c2-1(3)4;;/h1H;1H;. The van der Waals surface area contributed by atoms with Crippen molar-refractivity contribution in [3.05, 3.63) is 0 Å². The Labute approximate surface area is 68.7 Å². The van der Waals surface area contributed by atoms with Gasteiger partial charge in [0, 0.05) is 17.4 Å². The molecule has 0 rings (SSSR count). The van der Waals surface area contributed by atoms with Gasteiger partial charge in [0.25, 0.3) is 0 Å². The predicted molar refractivity (Wildman–Crippen MR) is 28.6 cm³/mol. The summed E-state index contributed by atoms with van der Waals surface area (Å²) in [6.07, 6.45) is 0.